The molecule has 1 aromatic carbocycles. The van der Waals surface area contributed by atoms with Gasteiger partial charge >= 0.3 is 5.97 Å². The van der Waals surface area contributed by atoms with Crippen LogP contribution < -0.4 is 0 Å². The van der Waals surface area contributed by atoms with Crippen molar-refractivity contribution in [3.8, 4) is 5.69 Å². The molecule has 19 heavy (non-hydrogen) atoms. The van der Waals surface area contributed by atoms with Crippen molar-refractivity contribution in [2.75, 3.05) is 0 Å². The van der Waals surface area contributed by atoms with E-state index in [0.29, 0.717) is 10.7 Å². The molecule has 1 aliphatic rings. The summed E-state index contributed by atoms with van der Waals surface area (Å²) in [4.78, 5) is 11.2. The second-order valence-corrected chi connectivity index (χ2v) is 5.08. The van der Waals surface area contributed by atoms with Gasteiger partial charge in [0, 0.05) is 10.9 Å². The lowest BCUT2D eigenvalue weighted by Crippen LogP contribution is -2.17. The monoisotopic (exact) mass is 277 g/mol. The Morgan fingerprint density at radius 2 is 2.21 bits per heavy atom. The highest BCUT2D eigenvalue weighted by Crippen LogP contribution is 2.38. The largest absolute Gasteiger partial charge is 0.476 e. The maximum Gasteiger partial charge on any atom is 0.358 e. The molecule has 2 aromatic rings. The number of carboxylic acid groups (broad SMARTS) is 1. The number of carbonyl (C=O) groups is 1. The normalized spacial score (nSPS) is 15.2. The second-order valence-electron chi connectivity index (χ2n) is 4.65. The maximum atomic E-state index is 11.2. The molecule has 0 unspecified atom stereocenters. The molecule has 1 fully saturated rings. The van der Waals surface area contributed by atoms with Gasteiger partial charge in [-0.1, -0.05) is 29.3 Å². The Morgan fingerprint density at radius 1 is 1.42 bits per heavy atom. The van der Waals surface area contributed by atoms with E-state index in [2.05, 4.69) is 10.3 Å². The lowest BCUT2D eigenvalue weighted by molar-refractivity contribution is 0.0687. The molecule has 1 aromatic heterocycles. The molecule has 1 saturated carbocycles. The van der Waals surface area contributed by atoms with Gasteiger partial charge in [0.2, 0.25) is 0 Å². The molecule has 3 rings (SSSR count). The Kier molecular flexibility index (Phi) is 2.98. The van der Waals surface area contributed by atoms with E-state index in [1.54, 1.807) is 16.8 Å². The molecule has 0 aliphatic heterocycles. The van der Waals surface area contributed by atoms with E-state index in [0.717, 1.165) is 24.9 Å². The molecule has 1 aliphatic carbocycles. The minimum Gasteiger partial charge on any atom is -0.476 e. The first-order chi connectivity index (χ1) is 9.16. The summed E-state index contributed by atoms with van der Waals surface area (Å²) < 4.78 is 1.60. The molecule has 1 N–H and O–H groups in total. The summed E-state index contributed by atoms with van der Waals surface area (Å²) in [5.74, 6) is -0.810. The summed E-state index contributed by atoms with van der Waals surface area (Å²) in [6, 6.07) is 7.17. The van der Waals surface area contributed by atoms with Crippen LogP contribution in [0.25, 0.3) is 5.69 Å². The van der Waals surface area contributed by atoms with Crippen LogP contribution in [0, 0.1) is 0 Å². The minimum atomic E-state index is -1.03. The number of rotatable bonds is 3. The highest BCUT2D eigenvalue weighted by atomic mass is 35.5. The van der Waals surface area contributed by atoms with Crippen LogP contribution in [0.3, 0.4) is 0 Å². The molecular formula is C13H12ClN3O2. The molecule has 0 spiro atoms. The van der Waals surface area contributed by atoms with Crippen molar-refractivity contribution in [1.29, 1.82) is 0 Å². The van der Waals surface area contributed by atoms with E-state index in [-0.39, 0.29) is 11.6 Å². The molecular weight excluding hydrogens is 266 g/mol. The topological polar surface area (TPSA) is 68.0 Å². The zero-order valence-electron chi connectivity index (χ0n) is 10.1. The van der Waals surface area contributed by atoms with Gasteiger partial charge < -0.3 is 5.11 Å². The zero-order chi connectivity index (χ0) is 13.4. The van der Waals surface area contributed by atoms with Gasteiger partial charge in [-0.25, -0.2) is 9.48 Å². The molecule has 1 heterocycles. The molecule has 0 amide bonds. The van der Waals surface area contributed by atoms with E-state index in [1.807, 2.05) is 12.1 Å². The van der Waals surface area contributed by atoms with Gasteiger partial charge in [-0.3, -0.25) is 0 Å². The Morgan fingerprint density at radius 3 is 2.79 bits per heavy atom. The summed E-state index contributed by atoms with van der Waals surface area (Å²) in [6.45, 7) is 0. The van der Waals surface area contributed by atoms with Crippen molar-refractivity contribution in [2.24, 2.45) is 0 Å². The summed E-state index contributed by atoms with van der Waals surface area (Å²) in [5.41, 5.74) is 1.47. The quantitative estimate of drug-likeness (QED) is 0.937. The summed E-state index contributed by atoms with van der Waals surface area (Å²) >= 11 is 5.97. The van der Waals surface area contributed by atoms with E-state index in [9.17, 15) is 9.90 Å². The Balaban J connectivity index is 2.13. The maximum absolute atomic E-state index is 11.2. The number of benzene rings is 1. The lowest BCUT2D eigenvalue weighted by atomic mass is 9.82. The summed E-state index contributed by atoms with van der Waals surface area (Å²) in [5, 5.41) is 17.6. The first kappa shape index (κ1) is 12.2. The van der Waals surface area contributed by atoms with Gasteiger partial charge in [0.1, 0.15) is 0 Å². The fourth-order valence-electron chi connectivity index (χ4n) is 2.29. The molecule has 98 valence electrons. The van der Waals surface area contributed by atoms with E-state index in [1.165, 1.54) is 0 Å². The van der Waals surface area contributed by atoms with Crippen LogP contribution in [-0.2, 0) is 0 Å². The summed E-state index contributed by atoms with van der Waals surface area (Å²) in [6.07, 6.45) is 3.08. The van der Waals surface area contributed by atoms with E-state index >= 15 is 0 Å². The lowest BCUT2D eigenvalue weighted by Gasteiger charge is -2.26. The average molecular weight is 278 g/mol. The van der Waals surface area contributed by atoms with Gasteiger partial charge in [-0.05, 0) is 31.0 Å². The van der Waals surface area contributed by atoms with Crippen LogP contribution in [-0.4, -0.2) is 26.1 Å². The molecule has 6 heteroatoms. The fourth-order valence-corrected chi connectivity index (χ4v) is 2.47. The van der Waals surface area contributed by atoms with Crippen LogP contribution in [0.5, 0.6) is 0 Å². The van der Waals surface area contributed by atoms with Crippen molar-refractivity contribution in [3.63, 3.8) is 0 Å². The third kappa shape index (κ3) is 2.10. The molecule has 0 radical (unpaired) electrons. The molecule has 0 atom stereocenters. The number of hydrogen-bond acceptors (Lipinski definition) is 3. The number of aromatic nitrogens is 3. The third-order valence-electron chi connectivity index (χ3n) is 3.45. The Labute approximate surface area is 114 Å². The SMILES string of the molecule is O=C(O)c1nnn(-c2cccc(Cl)c2)c1C1CCC1. The summed E-state index contributed by atoms with van der Waals surface area (Å²) in [7, 11) is 0. The van der Waals surface area contributed by atoms with Gasteiger partial charge in [0.25, 0.3) is 0 Å². The fraction of sp³-hybridized carbons (Fsp3) is 0.308. The first-order valence-electron chi connectivity index (χ1n) is 6.11. The van der Waals surface area contributed by atoms with E-state index < -0.39 is 5.97 Å². The molecule has 0 saturated heterocycles. The van der Waals surface area contributed by atoms with Gasteiger partial charge in [0.05, 0.1) is 11.4 Å². The van der Waals surface area contributed by atoms with Crippen molar-refractivity contribution >= 4 is 17.6 Å². The van der Waals surface area contributed by atoms with Crippen LogP contribution in [0.4, 0.5) is 0 Å². The smallest absolute Gasteiger partial charge is 0.358 e. The molecule has 0 bridgehead atoms. The van der Waals surface area contributed by atoms with Gasteiger partial charge in [0.15, 0.2) is 5.69 Å². The number of nitrogens with zero attached hydrogens (tertiary/aromatic N) is 3. The van der Waals surface area contributed by atoms with Crippen molar-refractivity contribution in [3.05, 3.63) is 40.7 Å². The van der Waals surface area contributed by atoms with Gasteiger partial charge in [-0.15, -0.1) is 5.10 Å². The average Bonchev–Trinajstić information content (AvgIpc) is 2.71. The highest BCUT2D eigenvalue weighted by molar-refractivity contribution is 6.30. The third-order valence-corrected chi connectivity index (χ3v) is 3.69. The predicted molar refractivity (Wildman–Crippen MR) is 69.9 cm³/mol. The predicted octanol–water partition coefficient (Wildman–Crippen LogP) is 2.89. The van der Waals surface area contributed by atoms with E-state index in [4.69, 9.17) is 11.6 Å². The first-order valence-corrected chi connectivity index (χ1v) is 6.49. The van der Waals surface area contributed by atoms with Crippen LogP contribution >= 0.6 is 11.6 Å². The molecule has 5 nitrogen and oxygen atoms in total. The van der Waals surface area contributed by atoms with Crippen molar-refractivity contribution in [2.45, 2.75) is 25.2 Å². The Bertz CT molecular complexity index is 635. The highest BCUT2D eigenvalue weighted by Gasteiger charge is 2.30. The van der Waals surface area contributed by atoms with Crippen molar-refractivity contribution < 1.29 is 9.90 Å². The van der Waals surface area contributed by atoms with Gasteiger partial charge in [-0.2, -0.15) is 0 Å². The Hall–Kier alpha value is -1.88. The number of aromatic carboxylic acids is 1. The van der Waals surface area contributed by atoms with Crippen LogP contribution in [0.15, 0.2) is 24.3 Å². The second kappa shape index (κ2) is 4.66. The number of halogens is 1. The number of carboxylic acids is 1. The zero-order valence-corrected chi connectivity index (χ0v) is 10.8. The standard InChI is InChI=1S/C13H12ClN3O2/c14-9-5-2-6-10(7-9)17-12(8-3-1-4-8)11(13(18)19)15-16-17/h2,5-8H,1,3-4H2,(H,18,19). The van der Waals surface area contributed by atoms with Crippen LogP contribution in [0.2, 0.25) is 5.02 Å². The minimum absolute atomic E-state index is 0.0460. The van der Waals surface area contributed by atoms with Crippen molar-refractivity contribution in [1.82, 2.24) is 15.0 Å². The number of hydrogen-bond donors (Lipinski definition) is 1. The van der Waals surface area contributed by atoms with Crippen LogP contribution in [0.1, 0.15) is 41.4 Å².